The fourth-order valence-electron chi connectivity index (χ4n) is 1.03. The van der Waals surface area contributed by atoms with E-state index in [1.165, 1.54) is 0 Å². The minimum Gasteiger partial charge on any atom is -0.345 e. The molecule has 4 heteroatoms. The predicted octanol–water partition coefficient (Wildman–Crippen LogP) is -0.170. The number of hydrogen-bond acceptors (Lipinski definition) is 3. The standard InChI is InChI=1S/C10H21N3O/c1-4-6-12-9-10(14)13(3)8-5-7-11-2/h4,11-12H,1,5-9H2,2-3H3. The summed E-state index contributed by atoms with van der Waals surface area (Å²) in [5.74, 6) is 0.128. The van der Waals surface area contributed by atoms with Crippen LogP contribution in [0, 0.1) is 0 Å². The molecule has 0 aliphatic carbocycles. The van der Waals surface area contributed by atoms with Crippen molar-refractivity contribution in [2.45, 2.75) is 6.42 Å². The molecule has 1 amide bonds. The maximum absolute atomic E-state index is 11.4. The van der Waals surface area contributed by atoms with Gasteiger partial charge in [-0.25, -0.2) is 0 Å². The van der Waals surface area contributed by atoms with E-state index in [1.807, 2.05) is 14.1 Å². The molecule has 0 bridgehead atoms. The largest absolute Gasteiger partial charge is 0.345 e. The predicted molar refractivity (Wildman–Crippen MR) is 59.2 cm³/mol. The lowest BCUT2D eigenvalue weighted by Crippen LogP contribution is -2.36. The number of nitrogens with one attached hydrogen (secondary N) is 2. The average molecular weight is 199 g/mol. The molecule has 0 rings (SSSR count). The highest BCUT2D eigenvalue weighted by atomic mass is 16.2. The Kier molecular flexibility index (Phi) is 8.17. The molecule has 0 unspecified atom stereocenters. The van der Waals surface area contributed by atoms with E-state index in [-0.39, 0.29) is 5.91 Å². The Hall–Kier alpha value is -0.870. The lowest BCUT2D eigenvalue weighted by Gasteiger charge is -2.16. The topological polar surface area (TPSA) is 44.4 Å². The Morgan fingerprint density at radius 3 is 2.86 bits per heavy atom. The molecule has 0 saturated carbocycles. The van der Waals surface area contributed by atoms with E-state index in [1.54, 1.807) is 11.0 Å². The first kappa shape index (κ1) is 13.1. The number of carbonyl (C=O) groups is 1. The second-order valence-electron chi connectivity index (χ2n) is 3.19. The van der Waals surface area contributed by atoms with E-state index in [0.29, 0.717) is 13.1 Å². The van der Waals surface area contributed by atoms with Gasteiger partial charge in [0.1, 0.15) is 0 Å². The number of amides is 1. The molecule has 4 nitrogen and oxygen atoms in total. The molecule has 2 N–H and O–H groups in total. The molecule has 0 aromatic carbocycles. The fraction of sp³-hybridized carbons (Fsp3) is 0.700. The second kappa shape index (κ2) is 8.72. The quantitative estimate of drug-likeness (QED) is 0.421. The second-order valence-corrected chi connectivity index (χ2v) is 3.19. The van der Waals surface area contributed by atoms with Crippen LogP contribution in [0.15, 0.2) is 12.7 Å². The van der Waals surface area contributed by atoms with Crippen LogP contribution in [-0.4, -0.2) is 51.1 Å². The molecule has 14 heavy (non-hydrogen) atoms. The van der Waals surface area contributed by atoms with Gasteiger partial charge in [0.25, 0.3) is 0 Å². The van der Waals surface area contributed by atoms with Crippen molar-refractivity contribution in [3.05, 3.63) is 12.7 Å². The van der Waals surface area contributed by atoms with Crippen molar-refractivity contribution in [2.24, 2.45) is 0 Å². The lowest BCUT2D eigenvalue weighted by molar-refractivity contribution is -0.128. The molecule has 0 aromatic heterocycles. The summed E-state index contributed by atoms with van der Waals surface area (Å²) in [5, 5.41) is 6.03. The van der Waals surface area contributed by atoms with Crippen LogP contribution in [0.5, 0.6) is 0 Å². The number of hydrogen-bond donors (Lipinski definition) is 2. The smallest absolute Gasteiger partial charge is 0.236 e. The van der Waals surface area contributed by atoms with Crippen molar-refractivity contribution in [2.75, 3.05) is 40.3 Å². The van der Waals surface area contributed by atoms with Gasteiger partial charge in [0, 0.05) is 20.1 Å². The van der Waals surface area contributed by atoms with Gasteiger partial charge in [0.15, 0.2) is 0 Å². The third kappa shape index (κ3) is 6.62. The summed E-state index contributed by atoms with van der Waals surface area (Å²) in [5.41, 5.74) is 0. The highest BCUT2D eigenvalue weighted by molar-refractivity contribution is 5.77. The summed E-state index contributed by atoms with van der Waals surface area (Å²) in [6.07, 6.45) is 2.73. The van der Waals surface area contributed by atoms with Gasteiger partial charge in [0.05, 0.1) is 6.54 Å². The fourth-order valence-corrected chi connectivity index (χ4v) is 1.03. The molecule has 82 valence electrons. The van der Waals surface area contributed by atoms with Gasteiger partial charge in [-0.15, -0.1) is 6.58 Å². The zero-order chi connectivity index (χ0) is 10.8. The van der Waals surface area contributed by atoms with Crippen LogP contribution >= 0.6 is 0 Å². The van der Waals surface area contributed by atoms with Crippen molar-refractivity contribution < 1.29 is 4.79 Å². The Balaban J connectivity index is 3.49. The number of rotatable bonds is 8. The normalized spacial score (nSPS) is 9.86. The Bertz CT molecular complexity index is 171. The van der Waals surface area contributed by atoms with E-state index in [9.17, 15) is 4.79 Å². The van der Waals surface area contributed by atoms with Crippen molar-refractivity contribution in [3.8, 4) is 0 Å². The highest BCUT2D eigenvalue weighted by Gasteiger charge is 2.06. The van der Waals surface area contributed by atoms with Gasteiger partial charge in [-0.05, 0) is 20.0 Å². The van der Waals surface area contributed by atoms with Gasteiger partial charge >= 0.3 is 0 Å². The molecule has 0 fully saturated rings. The number of nitrogens with zero attached hydrogens (tertiary/aromatic N) is 1. The zero-order valence-corrected chi connectivity index (χ0v) is 9.18. The Labute approximate surface area is 86.4 Å². The maximum atomic E-state index is 11.4. The molecule has 0 saturated heterocycles. The Morgan fingerprint density at radius 2 is 2.29 bits per heavy atom. The molecule has 0 aromatic rings. The molecule has 0 aliphatic heterocycles. The lowest BCUT2D eigenvalue weighted by atomic mass is 10.4. The minimum atomic E-state index is 0.128. The SMILES string of the molecule is C=CCNCC(=O)N(C)CCCNC. The van der Waals surface area contributed by atoms with Gasteiger partial charge in [0.2, 0.25) is 5.91 Å². The molecular weight excluding hydrogens is 178 g/mol. The van der Waals surface area contributed by atoms with Crippen LogP contribution in [0.25, 0.3) is 0 Å². The van der Waals surface area contributed by atoms with Crippen LogP contribution in [0.2, 0.25) is 0 Å². The summed E-state index contributed by atoms with van der Waals surface area (Å²) in [6, 6.07) is 0. The summed E-state index contributed by atoms with van der Waals surface area (Å²) in [6.45, 7) is 6.38. The van der Waals surface area contributed by atoms with Gasteiger partial charge in [-0.2, -0.15) is 0 Å². The van der Waals surface area contributed by atoms with E-state index < -0.39 is 0 Å². The van der Waals surface area contributed by atoms with E-state index >= 15 is 0 Å². The van der Waals surface area contributed by atoms with Crippen LogP contribution in [-0.2, 0) is 4.79 Å². The summed E-state index contributed by atoms with van der Waals surface area (Å²) in [7, 11) is 3.74. The third-order valence-electron chi connectivity index (χ3n) is 1.91. The monoisotopic (exact) mass is 199 g/mol. The molecule has 0 aliphatic rings. The summed E-state index contributed by atoms with van der Waals surface area (Å²) >= 11 is 0. The molecule has 0 radical (unpaired) electrons. The first-order valence-electron chi connectivity index (χ1n) is 4.92. The van der Waals surface area contributed by atoms with Crippen molar-refractivity contribution in [1.29, 1.82) is 0 Å². The number of likely N-dealkylation sites (N-methyl/N-ethyl adjacent to an activating group) is 1. The number of carbonyl (C=O) groups excluding carboxylic acids is 1. The van der Waals surface area contributed by atoms with Crippen molar-refractivity contribution in [1.82, 2.24) is 15.5 Å². The van der Waals surface area contributed by atoms with Gasteiger partial charge in [-0.1, -0.05) is 6.08 Å². The third-order valence-corrected chi connectivity index (χ3v) is 1.91. The highest BCUT2D eigenvalue weighted by Crippen LogP contribution is 1.87. The van der Waals surface area contributed by atoms with Crippen LogP contribution in [0.3, 0.4) is 0 Å². The molecule has 0 heterocycles. The average Bonchev–Trinajstić information content (AvgIpc) is 2.18. The van der Waals surface area contributed by atoms with Gasteiger partial charge in [-0.3, -0.25) is 4.79 Å². The first-order chi connectivity index (χ1) is 6.72. The Morgan fingerprint density at radius 1 is 1.57 bits per heavy atom. The zero-order valence-electron chi connectivity index (χ0n) is 9.18. The van der Waals surface area contributed by atoms with Crippen LogP contribution in [0.1, 0.15) is 6.42 Å². The van der Waals surface area contributed by atoms with Gasteiger partial charge < -0.3 is 15.5 Å². The van der Waals surface area contributed by atoms with Crippen LogP contribution in [0.4, 0.5) is 0 Å². The summed E-state index contributed by atoms with van der Waals surface area (Å²) < 4.78 is 0. The van der Waals surface area contributed by atoms with Crippen molar-refractivity contribution in [3.63, 3.8) is 0 Å². The van der Waals surface area contributed by atoms with E-state index in [0.717, 1.165) is 19.5 Å². The minimum absolute atomic E-state index is 0.128. The maximum Gasteiger partial charge on any atom is 0.236 e. The van der Waals surface area contributed by atoms with Crippen molar-refractivity contribution >= 4 is 5.91 Å². The molecular formula is C10H21N3O. The molecule has 0 spiro atoms. The van der Waals surface area contributed by atoms with E-state index in [2.05, 4.69) is 17.2 Å². The van der Waals surface area contributed by atoms with E-state index in [4.69, 9.17) is 0 Å². The molecule has 0 atom stereocenters. The van der Waals surface area contributed by atoms with Crippen LogP contribution < -0.4 is 10.6 Å². The first-order valence-corrected chi connectivity index (χ1v) is 4.92. The summed E-state index contributed by atoms with van der Waals surface area (Å²) in [4.78, 5) is 13.2.